The first-order valence-electron chi connectivity index (χ1n) is 5.25. The van der Waals surface area contributed by atoms with Crippen LogP contribution in [0.1, 0.15) is 17.4 Å². The molecule has 1 aromatic rings. The molecule has 0 saturated carbocycles. The Hall–Kier alpha value is -1.42. The molecule has 1 aliphatic rings. The fourth-order valence-electron chi connectivity index (χ4n) is 1.70. The van der Waals surface area contributed by atoms with Gasteiger partial charge < -0.3 is 10.2 Å². The third kappa shape index (κ3) is 1.99. The number of likely N-dealkylation sites (N-methyl/N-ethyl adjacent to an activating group) is 1. The van der Waals surface area contributed by atoms with E-state index in [9.17, 15) is 4.79 Å². The number of pyridine rings is 1. The summed E-state index contributed by atoms with van der Waals surface area (Å²) in [6.45, 7) is 4.53. The SMILES string of the molecule is CCN(C(=O)c1ccccn1)C1CNC1. The van der Waals surface area contributed by atoms with Gasteiger partial charge in [-0.2, -0.15) is 0 Å². The van der Waals surface area contributed by atoms with Crippen LogP contribution in [0.5, 0.6) is 0 Å². The molecule has 2 rings (SSSR count). The van der Waals surface area contributed by atoms with Crippen molar-refractivity contribution in [2.75, 3.05) is 19.6 Å². The van der Waals surface area contributed by atoms with Crippen LogP contribution in [0.4, 0.5) is 0 Å². The summed E-state index contributed by atoms with van der Waals surface area (Å²) in [6, 6.07) is 5.76. The number of nitrogens with zero attached hydrogens (tertiary/aromatic N) is 2. The van der Waals surface area contributed by atoms with Gasteiger partial charge in [0.25, 0.3) is 5.91 Å². The highest BCUT2D eigenvalue weighted by atomic mass is 16.2. The third-order valence-corrected chi connectivity index (χ3v) is 2.69. The molecule has 0 atom stereocenters. The molecule has 2 heterocycles. The predicted molar refractivity (Wildman–Crippen MR) is 57.6 cm³/mol. The van der Waals surface area contributed by atoms with E-state index < -0.39 is 0 Å². The number of nitrogens with one attached hydrogen (secondary N) is 1. The minimum Gasteiger partial charge on any atom is -0.332 e. The van der Waals surface area contributed by atoms with E-state index in [2.05, 4.69) is 10.3 Å². The molecule has 4 heteroatoms. The maximum absolute atomic E-state index is 12.0. The topological polar surface area (TPSA) is 45.2 Å². The highest BCUT2D eigenvalue weighted by Gasteiger charge is 2.28. The van der Waals surface area contributed by atoms with E-state index in [-0.39, 0.29) is 5.91 Å². The van der Waals surface area contributed by atoms with Crippen molar-refractivity contribution in [3.63, 3.8) is 0 Å². The number of amides is 1. The van der Waals surface area contributed by atoms with Crippen LogP contribution in [-0.4, -0.2) is 41.5 Å². The summed E-state index contributed by atoms with van der Waals surface area (Å²) < 4.78 is 0. The van der Waals surface area contributed by atoms with Crippen molar-refractivity contribution in [3.8, 4) is 0 Å². The van der Waals surface area contributed by atoms with E-state index in [0.29, 0.717) is 11.7 Å². The summed E-state index contributed by atoms with van der Waals surface area (Å²) in [6.07, 6.45) is 1.65. The van der Waals surface area contributed by atoms with Crippen LogP contribution in [0.3, 0.4) is 0 Å². The van der Waals surface area contributed by atoms with Crippen molar-refractivity contribution in [1.82, 2.24) is 15.2 Å². The second-order valence-electron chi connectivity index (χ2n) is 3.62. The maximum Gasteiger partial charge on any atom is 0.272 e. The van der Waals surface area contributed by atoms with Crippen molar-refractivity contribution in [1.29, 1.82) is 0 Å². The molecule has 0 aromatic carbocycles. The van der Waals surface area contributed by atoms with Gasteiger partial charge in [-0.1, -0.05) is 6.07 Å². The fourth-order valence-corrected chi connectivity index (χ4v) is 1.70. The van der Waals surface area contributed by atoms with E-state index in [1.165, 1.54) is 0 Å². The molecule has 4 nitrogen and oxygen atoms in total. The highest BCUT2D eigenvalue weighted by Crippen LogP contribution is 2.09. The number of rotatable bonds is 3. The second kappa shape index (κ2) is 4.40. The Kier molecular flexibility index (Phi) is 2.97. The average Bonchev–Trinajstić information content (AvgIpc) is 2.23. The molecule has 1 saturated heterocycles. The van der Waals surface area contributed by atoms with Crippen molar-refractivity contribution in [3.05, 3.63) is 30.1 Å². The Labute approximate surface area is 89.3 Å². The van der Waals surface area contributed by atoms with E-state index in [4.69, 9.17) is 0 Å². The summed E-state index contributed by atoms with van der Waals surface area (Å²) in [5.74, 6) is 0.0320. The first-order valence-corrected chi connectivity index (χ1v) is 5.25. The predicted octanol–water partition coefficient (Wildman–Crippen LogP) is 0.515. The van der Waals surface area contributed by atoms with E-state index in [0.717, 1.165) is 19.6 Å². The van der Waals surface area contributed by atoms with Crippen LogP contribution in [0, 0.1) is 0 Å². The van der Waals surface area contributed by atoms with Crippen LogP contribution in [-0.2, 0) is 0 Å². The van der Waals surface area contributed by atoms with E-state index in [1.807, 2.05) is 24.0 Å². The number of aromatic nitrogens is 1. The summed E-state index contributed by atoms with van der Waals surface area (Å²) in [7, 11) is 0. The monoisotopic (exact) mass is 205 g/mol. The Balaban J connectivity index is 2.11. The number of carbonyl (C=O) groups is 1. The quantitative estimate of drug-likeness (QED) is 0.782. The zero-order valence-electron chi connectivity index (χ0n) is 8.81. The van der Waals surface area contributed by atoms with Gasteiger partial charge in [-0.05, 0) is 19.1 Å². The van der Waals surface area contributed by atoms with Gasteiger partial charge in [0.1, 0.15) is 5.69 Å². The largest absolute Gasteiger partial charge is 0.332 e. The molecule has 15 heavy (non-hydrogen) atoms. The first kappa shape index (κ1) is 10.1. The molecule has 1 aromatic heterocycles. The summed E-state index contributed by atoms with van der Waals surface area (Å²) in [4.78, 5) is 18.0. The smallest absolute Gasteiger partial charge is 0.272 e. The molecule has 80 valence electrons. The van der Waals surface area contributed by atoms with Crippen molar-refractivity contribution >= 4 is 5.91 Å². The lowest BCUT2D eigenvalue weighted by molar-refractivity contribution is 0.0624. The molecular weight excluding hydrogens is 190 g/mol. The Bertz CT molecular complexity index is 335. The Morgan fingerprint density at radius 2 is 2.40 bits per heavy atom. The van der Waals surface area contributed by atoms with Gasteiger partial charge in [0.2, 0.25) is 0 Å². The van der Waals surface area contributed by atoms with Crippen LogP contribution in [0.15, 0.2) is 24.4 Å². The molecule has 0 radical (unpaired) electrons. The van der Waals surface area contributed by atoms with Crippen LogP contribution in [0.25, 0.3) is 0 Å². The molecule has 0 unspecified atom stereocenters. The van der Waals surface area contributed by atoms with Gasteiger partial charge >= 0.3 is 0 Å². The normalized spacial score (nSPS) is 15.8. The summed E-state index contributed by atoms with van der Waals surface area (Å²) in [5.41, 5.74) is 0.534. The highest BCUT2D eigenvalue weighted by molar-refractivity contribution is 5.92. The van der Waals surface area contributed by atoms with Crippen molar-refractivity contribution in [2.24, 2.45) is 0 Å². The molecule has 0 aliphatic carbocycles. The molecule has 1 aliphatic heterocycles. The number of hydrogen-bond donors (Lipinski definition) is 1. The number of hydrogen-bond acceptors (Lipinski definition) is 3. The van der Waals surface area contributed by atoms with Gasteiger partial charge in [-0.3, -0.25) is 9.78 Å². The molecule has 0 spiro atoms. The van der Waals surface area contributed by atoms with Crippen molar-refractivity contribution in [2.45, 2.75) is 13.0 Å². The van der Waals surface area contributed by atoms with Gasteiger partial charge in [0.05, 0.1) is 6.04 Å². The molecular formula is C11H15N3O. The standard InChI is InChI=1S/C11H15N3O/c1-2-14(9-7-12-8-9)11(15)10-5-3-4-6-13-10/h3-6,9,12H,2,7-8H2,1H3. The van der Waals surface area contributed by atoms with Gasteiger partial charge in [-0.25, -0.2) is 0 Å². The lowest BCUT2D eigenvalue weighted by Gasteiger charge is -2.37. The molecule has 0 bridgehead atoms. The minimum atomic E-state index is 0.0320. The molecule has 1 N–H and O–H groups in total. The van der Waals surface area contributed by atoms with E-state index >= 15 is 0 Å². The summed E-state index contributed by atoms with van der Waals surface area (Å²) >= 11 is 0. The zero-order valence-corrected chi connectivity index (χ0v) is 8.81. The van der Waals surface area contributed by atoms with Crippen LogP contribution < -0.4 is 5.32 Å². The molecule has 1 amide bonds. The lowest BCUT2D eigenvalue weighted by Crippen LogP contribution is -2.58. The van der Waals surface area contributed by atoms with Crippen molar-refractivity contribution < 1.29 is 4.79 Å². The number of carbonyl (C=O) groups excluding carboxylic acids is 1. The lowest BCUT2D eigenvalue weighted by atomic mass is 10.1. The van der Waals surface area contributed by atoms with Crippen LogP contribution >= 0.6 is 0 Å². The van der Waals surface area contributed by atoms with Gasteiger partial charge in [-0.15, -0.1) is 0 Å². The fraction of sp³-hybridized carbons (Fsp3) is 0.455. The van der Waals surface area contributed by atoms with E-state index in [1.54, 1.807) is 12.3 Å². The first-order chi connectivity index (χ1) is 7.33. The molecule has 1 fully saturated rings. The Morgan fingerprint density at radius 3 is 2.87 bits per heavy atom. The zero-order chi connectivity index (χ0) is 10.7. The Morgan fingerprint density at radius 1 is 1.60 bits per heavy atom. The second-order valence-corrected chi connectivity index (χ2v) is 3.62. The van der Waals surface area contributed by atoms with Gasteiger partial charge in [0, 0.05) is 25.8 Å². The minimum absolute atomic E-state index is 0.0320. The van der Waals surface area contributed by atoms with Gasteiger partial charge in [0.15, 0.2) is 0 Å². The summed E-state index contributed by atoms with van der Waals surface area (Å²) in [5, 5.41) is 3.17. The van der Waals surface area contributed by atoms with Crippen LogP contribution in [0.2, 0.25) is 0 Å². The third-order valence-electron chi connectivity index (χ3n) is 2.69. The average molecular weight is 205 g/mol. The maximum atomic E-state index is 12.0.